The van der Waals surface area contributed by atoms with Gasteiger partial charge in [0.05, 0.1) is 17.3 Å². The fourth-order valence-corrected chi connectivity index (χ4v) is 3.46. The van der Waals surface area contributed by atoms with Crippen LogP contribution in [-0.2, 0) is 14.9 Å². The van der Waals surface area contributed by atoms with Crippen molar-refractivity contribution in [2.45, 2.75) is 18.3 Å². The van der Waals surface area contributed by atoms with Crippen LogP contribution in [0.2, 0.25) is 0 Å². The van der Waals surface area contributed by atoms with E-state index in [0.29, 0.717) is 0 Å². The van der Waals surface area contributed by atoms with Gasteiger partial charge in [-0.15, -0.1) is 11.3 Å². The zero-order valence-corrected chi connectivity index (χ0v) is 11.6. The summed E-state index contributed by atoms with van der Waals surface area (Å²) in [5, 5.41) is 0.887. The molecule has 1 aliphatic rings. The maximum Gasteiger partial charge on any atom is 0.318 e. The molecule has 5 heteroatoms. The van der Waals surface area contributed by atoms with E-state index < -0.39 is 5.41 Å². The third-order valence-corrected chi connectivity index (χ3v) is 4.82. The van der Waals surface area contributed by atoms with Crippen molar-refractivity contribution in [1.82, 2.24) is 4.98 Å². The second-order valence-electron chi connectivity index (χ2n) is 4.20. The SMILES string of the molecule is COC(=O)C1(c2nc3cc(Br)ccc3s2)CC1. The molecule has 3 rings (SSSR count). The second kappa shape index (κ2) is 3.78. The number of benzene rings is 1. The van der Waals surface area contributed by atoms with Crippen LogP contribution in [0.1, 0.15) is 17.8 Å². The first kappa shape index (κ1) is 11.2. The van der Waals surface area contributed by atoms with Crippen LogP contribution in [0.4, 0.5) is 0 Å². The number of thiazole rings is 1. The summed E-state index contributed by atoms with van der Waals surface area (Å²) in [5.74, 6) is -0.157. The summed E-state index contributed by atoms with van der Waals surface area (Å²) < 4.78 is 6.98. The second-order valence-corrected chi connectivity index (χ2v) is 6.15. The normalized spacial score (nSPS) is 17.1. The lowest BCUT2D eigenvalue weighted by atomic mass is 10.1. The molecule has 1 saturated carbocycles. The smallest absolute Gasteiger partial charge is 0.318 e. The maximum atomic E-state index is 11.8. The molecule has 1 heterocycles. The lowest BCUT2D eigenvalue weighted by Crippen LogP contribution is -2.21. The highest BCUT2D eigenvalue weighted by Crippen LogP contribution is 2.51. The van der Waals surface area contributed by atoms with Crippen molar-refractivity contribution in [2.24, 2.45) is 0 Å². The minimum Gasteiger partial charge on any atom is -0.468 e. The van der Waals surface area contributed by atoms with Crippen LogP contribution in [0.25, 0.3) is 10.2 Å². The third-order valence-electron chi connectivity index (χ3n) is 3.09. The van der Waals surface area contributed by atoms with Crippen molar-refractivity contribution in [3.8, 4) is 0 Å². The lowest BCUT2D eigenvalue weighted by molar-refractivity contribution is -0.143. The van der Waals surface area contributed by atoms with E-state index in [9.17, 15) is 4.79 Å². The Morgan fingerprint density at radius 3 is 2.94 bits per heavy atom. The predicted octanol–water partition coefficient (Wildman–Crippen LogP) is 3.26. The summed E-state index contributed by atoms with van der Waals surface area (Å²) >= 11 is 5.01. The number of carbonyl (C=O) groups is 1. The molecule has 88 valence electrons. The number of hydrogen-bond donors (Lipinski definition) is 0. The average molecular weight is 312 g/mol. The summed E-state index contributed by atoms with van der Waals surface area (Å²) in [5.41, 5.74) is 0.486. The highest BCUT2D eigenvalue weighted by Gasteiger charge is 2.55. The Labute approximate surface area is 111 Å². The standard InChI is InChI=1S/C12H10BrNO2S/c1-16-11(15)12(4-5-12)10-14-8-6-7(13)2-3-9(8)17-10/h2-3,6H,4-5H2,1H3. The Morgan fingerprint density at radius 2 is 2.29 bits per heavy atom. The molecule has 1 fully saturated rings. The highest BCUT2D eigenvalue weighted by molar-refractivity contribution is 9.10. The third kappa shape index (κ3) is 1.68. The number of hydrogen-bond acceptors (Lipinski definition) is 4. The van der Waals surface area contributed by atoms with E-state index in [4.69, 9.17) is 4.74 Å². The molecule has 0 atom stereocenters. The monoisotopic (exact) mass is 311 g/mol. The van der Waals surface area contributed by atoms with Crippen LogP contribution >= 0.6 is 27.3 Å². The van der Waals surface area contributed by atoms with Crippen molar-refractivity contribution in [3.05, 3.63) is 27.7 Å². The molecule has 0 saturated heterocycles. The summed E-state index contributed by atoms with van der Waals surface area (Å²) in [4.78, 5) is 16.3. The number of ether oxygens (including phenoxy) is 1. The van der Waals surface area contributed by atoms with E-state index in [1.807, 2.05) is 18.2 Å². The summed E-state index contributed by atoms with van der Waals surface area (Å²) in [6.45, 7) is 0. The van der Waals surface area contributed by atoms with Gasteiger partial charge in [0.2, 0.25) is 0 Å². The Hall–Kier alpha value is -0.940. The first-order chi connectivity index (χ1) is 8.15. The minimum atomic E-state index is -0.453. The zero-order valence-electron chi connectivity index (χ0n) is 9.20. The number of methoxy groups -OCH3 is 1. The Kier molecular flexibility index (Phi) is 2.48. The molecule has 0 unspecified atom stereocenters. The molecule has 2 aromatic rings. The van der Waals surface area contributed by atoms with Crippen LogP contribution in [0.3, 0.4) is 0 Å². The van der Waals surface area contributed by atoms with Crippen molar-refractivity contribution in [1.29, 1.82) is 0 Å². The number of nitrogens with zero attached hydrogens (tertiary/aromatic N) is 1. The summed E-state index contributed by atoms with van der Waals surface area (Å²) in [6.07, 6.45) is 1.70. The molecule has 0 bridgehead atoms. The first-order valence-corrected chi connectivity index (χ1v) is 6.92. The summed E-state index contributed by atoms with van der Waals surface area (Å²) in [7, 11) is 1.44. The molecule has 0 spiro atoms. The van der Waals surface area contributed by atoms with Gasteiger partial charge in [0.15, 0.2) is 0 Å². The number of esters is 1. The minimum absolute atomic E-state index is 0.157. The van der Waals surface area contributed by atoms with Gasteiger partial charge in [-0.05, 0) is 31.0 Å². The number of aromatic nitrogens is 1. The molecule has 0 radical (unpaired) electrons. The predicted molar refractivity (Wildman–Crippen MR) is 70.2 cm³/mol. The van der Waals surface area contributed by atoms with E-state index >= 15 is 0 Å². The molecule has 3 nitrogen and oxygen atoms in total. The van der Waals surface area contributed by atoms with Crippen LogP contribution in [-0.4, -0.2) is 18.1 Å². The Bertz CT molecular complexity index is 604. The van der Waals surface area contributed by atoms with Gasteiger partial charge in [-0.1, -0.05) is 15.9 Å². The number of rotatable bonds is 2. The molecule has 17 heavy (non-hydrogen) atoms. The summed E-state index contributed by atoms with van der Waals surface area (Å²) in [6, 6.07) is 5.98. The topological polar surface area (TPSA) is 39.2 Å². The lowest BCUT2D eigenvalue weighted by Gasteiger charge is -2.07. The first-order valence-electron chi connectivity index (χ1n) is 5.31. The van der Waals surface area contributed by atoms with Crippen molar-refractivity contribution < 1.29 is 9.53 Å². The van der Waals surface area contributed by atoms with Gasteiger partial charge in [-0.2, -0.15) is 0 Å². The van der Waals surface area contributed by atoms with Gasteiger partial charge >= 0.3 is 5.97 Å². The van der Waals surface area contributed by atoms with Gasteiger partial charge < -0.3 is 4.74 Å². The average Bonchev–Trinajstić information content (AvgIpc) is 3.03. The fraction of sp³-hybridized carbons (Fsp3) is 0.333. The highest BCUT2D eigenvalue weighted by atomic mass is 79.9. The van der Waals surface area contributed by atoms with Crippen molar-refractivity contribution in [3.63, 3.8) is 0 Å². The fourth-order valence-electron chi connectivity index (χ4n) is 1.93. The van der Waals surface area contributed by atoms with Gasteiger partial charge in [-0.25, -0.2) is 4.98 Å². The van der Waals surface area contributed by atoms with Crippen LogP contribution in [0.5, 0.6) is 0 Å². The van der Waals surface area contributed by atoms with Crippen LogP contribution in [0, 0.1) is 0 Å². The van der Waals surface area contributed by atoms with Gasteiger partial charge in [0.25, 0.3) is 0 Å². The molecule has 0 aliphatic heterocycles. The molecule has 1 aliphatic carbocycles. The molecule has 0 amide bonds. The van der Waals surface area contributed by atoms with Gasteiger partial charge in [0, 0.05) is 4.47 Å². The number of fused-ring (bicyclic) bond motifs is 1. The van der Waals surface area contributed by atoms with E-state index in [-0.39, 0.29) is 5.97 Å². The molecule has 0 N–H and O–H groups in total. The van der Waals surface area contributed by atoms with E-state index in [2.05, 4.69) is 20.9 Å². The van der Waals surface area contributed by atoms with Crippen molar-refractivity contribution >= 4 is 43.5 Å². The van der Waals surface area contributed by atoms with E-state index in [0.717, 1.165) is 32.5 Å². The van der Waals surface area contributed by atoms with Crippen LogP contribution < -0.4 is 0 Å². The molecular formula is C12H10BrNO2S. The van der Waals surface area contributed by atoms with E-state index in [1.165, 1.54) is 7.11 Å². The number of carbonyl (C=O) groups excluding carboxylic acids is 1. The molecular weight excluding hydrogens is 302 g/mol. The van der Waals surface area contributed by atoms with E-state index in [1.54, 1.807) is 11.3 Å². The zero-order chi connectivity index (χ0) is 12.0. The molecule has 1 aromatic heterocycles. The van der Waals surface area contributed by atoms with Gasteiger partial charge in [0.1, 0.15) is 10.4 Å². The quantitative estimate of drug-likeness (QED) is 0.799. The maximum absolute atomic E-state index is 11.8. The number of halogens is 1. The Balaban J connectivity index is 2.10. The van der Waals surface area contributed by atoms with Crippen molar-refractivity contribution in [2.75, 3.05) is 7.11 Å². The van der Waals surface area contributed by atoms with Gasteiger partial charge in [-0.3, -0.25) is 4.79 Å². The van der Waals surface area contributed by atoms with Crippen LogP contribution in [0.15, 0.2) is 22.7 Å². The largest absolute Gasteiger partial charge is 0.468 e. The Morgan fingerprint density at radius 1 is 1.53 bits per heavy atom. The molecule has 1 aromatic carbocycles.